The van der Waals surface area contributed by atoms with Crippen LogP contribution in [0.1, 0.15) is 0 Å². The highest BCUT2D eigenvalue weighted by molar-refractivity contribution is 9.10. The molecule has 78 valence electrons. The van der Waals surface area contributed by atoms with Crippen molar-refractivity contribution < 1.29 is 5.11 Å². The Morgan fingerprint density at radius 1 is 1.43 bits per heavy atom. The molecule has 14 heavy (non-hydrogen) atoms. The maximum absolute atomic E-state index is 8.68. The molecular weight excluding hydrogens is 309 g/mol. The Bertz CT molecular complexity index is 349. The predicted octanol–water partition coefficient (Wildman–Crippen LogP) is 3.42. The topological polar surface area (TPSA) is 46.2 Å². The van der Waals surface area contributed by atoms with Crippen molar-refractivity contribution in [1.82, 2.24) is 0 Å². The van der Waals surface area contributed by atoms with Crippen molar-refractivity contribution in [3.05, 3.63) is 20.6 Å². The summed E-state index contributed by atoms with van der Waals surface area (Å²) in [5.74, 6) is 0.576. The Morgan fingerprint density at radius 2 is 2.07 bits per heavy atom. The number of hydrogen-bond acceptors (Lipinski definition) is 3. The first kappa shape index (κ1) is 12.5. The van der Waals surface area contributed by atoms with Crippen molar-refractivity contribution in [1.29, 1.82) is 0 Å². The summed E-state index contributed by atoms with van der Waals surface area (Å²) >= 11 is 16.6. The van der Waals surface area contributed by atoms with Crippen LogP contribution in [-0.2, 0) is 0 Å². The van der Waals surface area contributed by atoms with Crippen molar-refractivity contribution in [3.8, 4) is 0 Å². The standard InChI is InChI=1S/C8H8BrCl2NOS/c9-4-3-5(14-2-1-13)6(10)7(11)8(4)12/h3,13H,1-2,12H2. The van der Waals surface area contributed by atoms with Gasteiger partial charge < -0.3 is 10.8 Å². The number of hydrogen-bond donors (Lipinski definition) is 2. The number of nitrogens with two attached hydrogens (primary N) is 1. The molecule has 0 fully saturated rings. The smallest absolute Gasteiger partial charge is 0.0844 e. The molecule has 1 aromatic rings. The van der Waals surface area contributed by atoms with E-state index in [2.05, 4.69) is 15.9 Å². The van der Waals surface area contributed by atoms with Crippen LogP contribution in [0, 0.1) is 0 Å². The van der Waals surface area contributed by atoms with E-state index in [1.54, 1.807) is 6.07 Å². The molecule has 1 rings (SSSR count). The van der Waals surface area contributed by atoms with E-state index in [1.165, 1.54) is 11.8 Å². The van der Waals surface area contributed by atoms with Gasteiger partial charge in [-0.15, -0.1) is 11.8 Å². The lowest BCUT2D eigenvalue weighted by Crippen LogP contribution is -1.92. The number of aliphatic hydroxyl groups excluding tert-OH is 1. The molecule has 0 spiro atoms. The van der Waals surface area contributed by atoms with Gasteiger partial charge in [0.05, 0.1) is 22.3 Å². The van der Waals surface area contributed by atoms with Gasteiger partial charge in [0.2, 0.25) is 0 Å². The van der Waals surface area contributed by atoms with E-state index in [9.17, 15) is 0 Å². The normalized spacial score (nSPS) is 10.6. The number of halogens is 3. The second-order valence-corrected chi connectivity index (χ2v) is 5.22. The van der Waals surface area contributed by atoms with Crippen LogP contribution in [0.25, 0.3) is 0 Å². The highest BCUT2D eigenvalue weighted by Gasteiger charge is 2.11. The molecule has 0 aliphatic heterocycles. The molecular formula is C8H8BrCl2NOS. The summed E-state index contributed by atoms with van der Waals surface area (Å²) in [6, 6.07) is 1.80. The fourth-order valence-electron chi connectivity index (χ4n) is 0.848. The van der Waals surface area contributed by atoms with Gasteiger partial charge in [0.1, 0.15) is 0 Å². The van der Waals surface area contributed by atoms with E-state index in [0.29, 0.717) is 26.0 Å². The van der Waals surface area contributed by atoms with Crippen molar-refractivity contribution >= 4 is 56.6 Å². The van der Waals surface area contributed by atoms with Crippen LogP contribution < -0.4 is 5.73 Å². The second kappa shape index (κ2) is 5.47. The Balaban J connectivity index is 3.06. The van der Waals surface area contributed by atoms with E-state index in [0.717, 1.165) is 4.90 Å². The van der Waals surface area contributed by atoms with E-state index < -0.39 is 0 Å². The van der Waals surface area contributed by atoms with Gasteiger partial charge in [-0.2, -0.15) is 0 Å². The summed E-state index contributed by atoms with van der Waals surface area (Å²) in [6.45, 7) is 0.0978. The zero-order valence-electron chi connectivity index (χ0n) is 7.06. The van der Waals surface area contributed by atoms with E-state index in [4.69, 9.17) is 34.0 Å². The summed E-state index contributed by atoms with van der Waals surface area (Å²) in [4.78, 5) is 0.812. The maximum Gasteiger partial charge on any atom is 0.0844 e. The Kier molecular flexibility index (Phi) is 4.87. The van der Waals surface area contributed by atoms with Crippen LogP contribution in [-0.4, -0.2) is 17.5 Å². The van der Waals surface area contributed by atoms with Gasteiger partial charge in [-0.3, -0.25) is 0 Å². The van der Waals surface area contributed by atoms with Crippen LogP contribution >= 0.6 is 50.9 Å². The first-order valence-corrected chi connectivity index (χ1v) is 6.28. The molecule has 0 amide bonds. The van der Waals surface area contributed by atoms with Gasteiger partial charge in [-0.25, -0.2) is 0 Å². The summed E-state index contributed by atoms with van der Waals surface area (Å²) in [6.07, 6.45) is 0. The Morgan fingerprint density at radius 3 is 2.64 bits per heavy atom. The summed E-state index contributed by atoms with van der Waals surface area (Å²) in [5.41, 5.74) is 6.09. The van der Waals surface area contributed by atoms with Crippen LogP contribution in [0.15, 0.2) is 15.4 Å². The molecule has 0 unspecified atom stereocenters. The predicted molar refractivity (Wildman–Crippen MR) is 66.4 cm³/mol. The minimum atomic E-state index is 0.0978. The molecule has 1 aromatic carbocycles. The van der Waals surface area contributed by atoms with Gasteiger partial charge in [0, 0.05) is 15.1 Å². The van der Waals surface area contributed by atoms with Crippen molar-refractivity contribution in [3.63, 3.8) is 0 Å². The molecule has 6 heteroatoms. The fraction of sp³-hybridized carbons (Fsp3) is 0.250. The zero-order valence-corrected chi connectivity index (χ0v) is 11.0. The van der Waals surface area contributed by atoms with E-state index in [1.807, 2.05) is 0 Å². The van der Waals surface area contributed by atoms with E-state index >= 15 is 0 Å². The summed E-state index contributed by atoms with van der Waals surface area (Å²) in [5, 5.41) is 9.46. The molecule has 0 saturated heterocycles. The molecule has 0 radical (unpaired) electrons. The number of anilines is 1. The van der Waals surface area contributed by atoms with Crippen molar-refractivity contribution in [2.24, 2.45) is 0 Å². The van der Waals surface area contributed by atoms with Crippen LogP contribution in [0.3, 0.4) is 0 Å². The average molecular weight is 317 g/mol. The SMILES string of the molecule is Nc1c(Br)cc(SCCO)c(Cl)c1Cl. The minimum Gasteiger partial charge on any atom is -0.397 e. The molecule has 0 heterocycles. The second-order valence-electron chi connectivity index (χ2n) is 2.47. The number of aliphatic hydroxyl groups is 1. The minimum absolute atomic E-state index is 0.0978. The maximum atomic E-state index is 8.68. The molecule has 0 saturated carbocycles. The summed E-state index contributed by atoms with van der Waals surface area (Å²) < 4.78 is 0.715. The van der Waals surface area contributed by atoms with Gasteiger partial charge in [0.15, 0.2) is 0 Å². The molecule has 0 aliphatic carbocycles. The quantitative estimate of drug-likeness (QED) is 0.510. The van der Waals surface area contributed by atoms with Gasteiger partial charge in [-0.1, -0.05) is 23.2 Å². The number of nitrogen functional groups attached to an aromatic ring is 1. The molecule has 3 N–H and O–H groups in total. The molecule has 0 atom stereocenters. The van der Waals surface area contributed by atoms with Crippen LogP contribution in [0.5, 0.6) is 0 Å². The highest BCUT2D eigenvalue weighted by atomic mass is 79.9. The van der Waals surface area contributed by atoms with Gasteiger partial charge in [-0.05, 0) is 22.0 Å². The summed E-state index contributed by atoms with van der Waals surface area (Å²) in [7, 11) is 0. The van der Waals surface area contributed by atoms with Gasteiger partial charge in [0.25, 0.3) is 0 Å². The third-order valence-electron chi connectivity index (χ3n) is 1.51. The third kappa shape index (κ3) is 2.70. The lowest BCUT2D eigenvalue weighted by atomic mass is 10.3. The number of rotatable bonds is 3. The average Bonchev–Trinajstić information content (AvgIpc) is 2.18. The Hall–Kier alpha value is 0.390. The largest absolute Gasteiger partial charge is 0.397 e. The molecule has 0 aromatic heterocycles. The van der Waals surface area contributed by atoms with Gasteiger partial charge >= 0.3 is 0 Å². The first-order chi connectivity index (χ1) is 6.57. The monoisotopic (exact) mass is 315 g/mol. The van der Waals surface area contributed by atoms with E-state index in [-0.39, 0.29) is 6.61 Å². The zero-order chi connectivity index (χ0) is 10.7. The highest BCUT2D eigenvalue weighted by Crippen LogP contribution is 2.40. The van der Waals surface area contributed by atoms with Crippen molar-refractivity contribution in [2.75, 3.05) is 18.1 Å². The number of benzene rings is 1. The third-order valence-corrected chi connectivity index (χ3v) is 4.18. The van der Waals surface area contributed by atoms with Crippen LogP contribution in [0.4, 0.5) is 5.69 Å². The van der Waals surface area contributed by atoms with Crippen LogP contribution in [0.2, 0.25) is 10.0 Å². The van der Waals surface area contributed by atoms with Crippen molar-refractivity contribution in [2.45, 2.75) is 4.90 Å². The molecule has 0 bridgehead atoms. The lowest BCUT2D eigenvalue weighted by Gasteiger charge is -2.08. The lowest BCUT2D eigenvalue weighted by molar-refractivity contribution is 0.322. The number of thioether (sulfide) groups is 1. The molecule has 0 aliphatic rings. The Labute approximate surface area is 105 Å². The first-order valence-electron chi connectivity index (χ1n) is 3.74. The fourth-order valence-corrected chi connectivity index (χ4v) is 2.86. The molecule has 2 nitrogen and oxygen atoms in total.